The normalized spacial score (nSPS) is 16.3. The van der Waals surface area contributed by atoms with Crippen molar-refractivity contribution in [2.45, 2.75) is 70.9 Å². The maximum absolute atomic E-state index is 12.2. The number of carbonyl (C=O) groups is 1. The minimum absolute atomic E-state index is 0.0504. The van der Waals surface area contributed by atoms with Gasteiger partial charge in [0.25, 0.3) is 8.32 Å². The van der Waals surface area contributed by atoms with E-state index < -0.39 is 14.3 Å². The summed E-state index contributed by atoms with van der Waals surface area (Å²) < 4.78 is 9.36. The van der Waals surface area contributed by atoms with E-state index in [1.165, 1.54) is 16.8 Å². The van der Waals surface area contributed by atoms with Crippen molar-refractivity contribution in [1.29, 1.82) is 0 Å². The van der Waals surface area contributed by atoms with Crippen molar-refractivity contribution in [1.82, 2.24) is 9.47 Å². The molecule has 1 aliphatic heterocycles. The molecule has 2 heterocycles. The fourth-order valence-electron chi connectivity index (χ4n) is 5.54. The zero-order valence-corrected chi connectivity index (χ0v) is 24.8. The summed E-state index contributed by atoms with van der Waals surface area (Å²) in [6, 6.07) is 27.3. The number of nitrogens with zero attached hydrogens (tertiary/aromatic N) is 2. The average molecular weight is 541 g/mol. The van der Waals surface area contributed by atoms with E-state index in [2.05, 4.69) is 110 Å². The van der Waals surface area contributed by atoms with Crippen LogP contribution < -0.4 is 4.43 Å². The molecule has 0 fully saturated rings. The predicted molar refractivity (Wildman–Crippen MR) is 161 cm³/mol. The summed E-state index contributed by atoms with van der Waals surface area (Å²) in [5.74, 6) is 0.00645. The number of hydrogen-bond acceptors (Lipinski definition) is 3. The van der Waals surface area contributed by atoms with Crippen LogP contribution in [0.1, 0.15) is 55.5 Å². The maximum Gasteiger partial charge on any atom is 0.304 e. The van der Waals surface area contributed by atoms with Crippen LogP contribution in [-0.2, 0) is 24.4 Å². The van der Waals surface area contributed by atoms with Crippen molar-refractivity contribution in [3.05, 3.63) is 101 Å². The Balaban J connectivity index is 1.69. The first kappa shape index (κ1) is 27.2. The number of aliphatic carboxylic acids is 1. The summed E-state index contributed by atoms with van der Waals surface area (Å²) in [5.41, 5.74) is 5.94. The number of fused-ring (bicyclic) bond motifs is 3. The lowest BCUT2D eigenvalue weighted by atomic mass is 9.88. The Morgan fingerprint density at radius 2 is 1.54 bits per heavy atom. The van der Waals surface area contributed by atoms with E-state index in [0.29, 0.717) is 6.54 Å². The van der Waals surface area contributed by atoms with E-state index in [9.17, 15) is 9.90 Å². The van der Waals surface area contributed by atoms with Crippen molar-refractivity contribution in [3.8, 4) is 5.75 Å². The van der Waals surface area contributed by atoms with E-state index in [1.807, 2.05) is 12.1 Å². The van der Waals surface area contributed by atoms with Crippen LogP contribution in [0, 0.1) is 0 Å². The molecular formula is C33H40N2O3Si. The second-order valence-corrected chi connectivity index (χ2v) is 17.1. The molecule has 0 saturated heterocycles. The van der Waals surface area contributed by atoms with E-state index in [0.717, 1.165) is 41.9 Å². The molecule has 0 amide bonds. The second kappa shape index (κ2) is 10.7. The molecule has 4 aromatic rings. The van der Waals surface area contributed by atoms with Crippen LogP contribution in [0.4, 0.5) is 0 Å². The Bertz CT molecular complexity index is 1460. The van der Waals surface area contributed by atoms with Gasteiger partial charge in [0.1, 0.15) is 5.75 Å². The van der Waals surface area contributed by atoms with E-state index in [-0.39, 0.29) is 17.4 Å². The first-order valence-electron chi connectivity index (χ1n) is 13.9. The molecule has 0 saturated carbocycles. The molecule has 1 unspecified atom stereocenters. The van der Waals surface area contributed by atoms with Gasteiger partial charge in [-0.2, -0.15) is 0 Å². The van der Waals surface area contributed by atoms with Gasteiger partial charge in [0.15, 0.2) is 0 Å². The summed E-state index contributed by atoms with van der Waals surface area (Å²) >= 11 is 0. The molecule has 1 N–H and O–H groups in total. The standard InChI is InChI=1S/C33H40N2O3Si/c1-33(2,3)39(4,5)38-29-18-12-17-27-32(29)31-26(19-30(36)37)22-34(20-24-13-8-6-9-14-24)23-28(31)35(27)21-25-15-10-7-11-16-25/h6-18,26H,19-23H2,1-5H3,(H,36,37). The number of hydrogen-bond donors (Lipinski definition) is 1. The summed E-state index contributed by atoms with van der Waals surface area (Å²) in [5, 5.41) is 11.1. The number of carboxylic acid groups (broad SMARTS) is 1. The lowest BCUT2D eigenvalue weighted by molar-refractivity contribution is -0.137. The molecular weight excluding hydrogens is 500 g/mol. The summed E-state index contributed by atoms with van der Waals surface area (Å²) in [4.78, 5) is 14.6. The van der Waals surface area contributed by atoms with E-state index >= 15 is 0 Å². The highest BCUT2D eigenvalue weighted by atomic mass is 28.4. The van der Waals surface area contributed by atoms with Gasteiger partial charge in [-0.3, -0.25) is 9.69 Å². The highest BCUT2D eigenvalue weighted by Crippen LogP contribution is 2.45. The first-order chi connectivity index (χ1) is 18.5. The van der Waals surface area contributed by atoms with Crippen molar-refractivity contribution < 1.29 is 14.3 Å². The number of carboxylic acids is 1. The third kappa shape index (κ3) is 5.68. The van der Waals surface area contributed by atoms with Gasteiger partial charge >= 0.3 is 5.97 Å². The van der Waals surface area contributed by atoms with Crippen molar-refractivity contribution in [3.63, 3.8) is 0 Å². The molecule has 6 heteroatoms. The number of aromatic nitrogens is 1. The van der Waals surface area contributed by atoms with Gasteiger partial charge in [0.05, 0.1) is 11.9 Å². The van der Waals surface area contributed by atoms with Crippen LogP contribution in [0.3, 0.4) is 0 Å². The number of benzene rings is 3. The Hall–Kier alpha value is -3.35. The fourth-order valence-corrected chi connectivity index (χ4v) is 6.57. The lowest BCUT2D eigenvalue weighted by Gasteiger charge is -2.37. The quantitative estimate of drug-likeness (QED) is 0.233. The Kier molecular flexibility index (Phi) is 7.44. The van der Waals surface area contributed by atoms with Crippen LogP contribution in [0.15, 0.2) is 78.9 Å². The molecule has 1 aromatic heterocycles. The third-order valence-corrected chi connectivity index (χ3v) is 12.8. The molecule has 0 radical (unpaired) electrons. The monoisotopic (exact) mass is 540 g/mol. The molecule has 5 nitrogen and oxygen atoms in total. The van der Waals surface area contributed by atoms with Crippen LogP contribution >= 0.6 is 0 Å². The zero-order valence-electron chi connectivity index (χ0n) is 23.8. The lowest BCUT2D eigenvalue weighted by Crippen LogP contribution is -2.44. The molecule has 0 aliphatic carbocycles. The van der Waals surface area contributed by atoms with Gasteiger partial charge in [-0.25, -0.2) is 0 Å². The molecule has 0 spiro atoms. The average Bonchev–Trinajstić information content (AvgIpc) is 3.18. The maximum atomic E-state index is 12.2. The van der Waals surface area contributed by atoms with Gasteiger partial charge in [0.2, 0.25) is 0 Å². The molecule has 5 rings (SSSR count). The second-order valence-electron chi connectivity index (χ2n) is 12.4. The Labute approximate surface area is 233 Å². The van der Waals surface area contributed by atoms with E-state index in [1.54, 1.807) is 0 Å². The summed E-state index contributed by atoms with van der Waals surface area (Å²) in [6.45, 7) is 14.3. The zero-order chi connectivity index (χ0) is 27.8. The number of rotatable bonds is 8. The smallest absolute Gasteiger partial charge is 0.304 e. The van der Waals surface area contributed by atoms with Gasteiger partial charge < -0.3 is 14.1 Å². The summed E-state index contributed by atoms with van der Waals surface area (Å²) in [6.07, 6.45) is 0.0944. The van der Waals surface area contributed by atoms with Gasteiger partial charge in [0, 0.05) is 43.2 Å². The highest BCUT2D eigenvalue weighted by molar-refractivity contribution is 6.74. The topological polar surface area (TPSA) is 54.7 Å². The van der Waals surface area contributed by atoms with Crippen LogP contribution in [0.25, 0.3) is 10.9 Å². The van der Waals surface area contributed by atoms with Crippen molar-refractivity contribution in [2.75, 3.05) is 6.54 Å². The molecule has 1 aliphatic rings. The van der Waals surface area contributed by atoms with Crippen LogP contribution in [-0.4, -0.2) is 35.4 Å². The predicted octanol–water partition coefficient (Wildman–Crippen LogP) is 7.65. The fraction of sp³-hybridized carbons (Fsp3) is 0.364. The van der Waals surface area contributed by atoms with Gasteiger partial charge in [-0.15, -0.1) is 0 Å². The van der Waals surface area contributed by atoms with Crippen LogP contribution in [0.5, 0.6) is 5.75 Å². The Morgan fingerprint density at radius 1 is 0.923 bits per heavy atom. The molecule has 39 heavy (non-hydrogen) atoms. The first-order valence-corrected chi connectivity index (χ1v) is 16.8. The molecule has 1 atom stereocenters. The minimum atomic E-state index is -2.13. The largest absolute Gasteiger partial charge is 0.543 e. The third-order valence-electron chi connectivity index (χ3n) is 8.49. The molecule has 3 aromatic carbocycles. The summed E-state index contributed by atoms with van der Waals surface area (Å²) in [7, 11) is -2.13. The molecule has 204 valence electrons. The SMILES string of the molecule is CC(C)(C)[Si](C)(C)Oc1cccc2c1c1c(n2Cc2ccccc2)CN(Cc2ccccc2)CC1CC(=O)O. The van der Waals surface area contributed by atoms with Crippen LogP contribution in [0.2, 0.25) is 18.1 Å². The Morgan fingerprint density at radius 3 is 2.13 bits per heavy atom. The van der Waals surface area contributed by atoms with Crippen molar-refractivity contribution >= 4 is 25.2 Å². The van der Waals surface area contributed by atoms with Gasteiger partial charge in [-0.05, 0) is 47.0 Å². The van der Waals surface area contributed by atoms with E-state index in [4.69, 9.17) is 4.43 Å². The molecule has 0 bridgehead atoms. The highest BCUT2D eigenvalue weighted by Gasteiger charge is 2.40. The van der Waals surface area contributed by atoms with Crippen molar-refractivity contribution in [2.24, 2.45) is 0 Å². The minimum Gasteiger partial charge on any atom is -0.543 e. The van der Waals surface area contributed by atoms with Gasteiger partial charge in [-0.1, -0.05) is 87.5 Å².